The maximum atomic E-state index is 6.31. The number of nitrogens with zero attached hydrogens (tertiary/aromatic N) is 2. The Labute approximate surface area is 275 Å². The first-order chi connectivity index (χ1) is 23.7. The van der Waals surface area contributed by atoms with E-state index < -0.39 is 0 Å². The fraction of sp³-hybridized carbons (Fsp3) is 0. The van der Waals surface area contributed by atoms with E-state index in [1.165, 1.54) is 21.9 Å². The lowest BCUT2D eigenvalue weighted by molar-refractivity contribution is 0.628. The van der Waals surface area contributed by atoms with Gasteiger partial charge in [0.2, 0.25) is 0 Å². The highest BCUT2D eigenvalue weighted by Gasteiger charge is 2.16. The first kappa shape index (κ1) is 26.7. The second-order valence-electron chi connectivity index (χ2n) is 12.3. The Bertz CT molecular complexity index is 2810. The zero-order valence-corrected chi connectivity index (χ0v) is 25.7. The molecule has 0 saturated carbocycles. The molecule has 3 heterocycles. The Morgan fingerprint density at radius 3 is 1.81 bits per heavy atom. The summed E-state index contributed by atoms with van der Waals surface area (Å²) in [5, 5.41) is 7.80. The van der Waals surface area contributed by atoms with Crippen molar-refractivity contribution in [3.63, 3.8) is 0 Å². The van der Waals surface area contributed by atoms with Gasteiger partial charge in [-0.3, -0.25) is 0 Å². The normalized spacial score (nSPS) is 11.8. The van der Waals surface area contributed by atoms with Crippen molar-refractivity contribution in [1.29, 1.82) is 0 Å². The van der Waals surface area contributed by atoms with E-state index in [0.29, 0.717) is 11.6 Å². The summed E-state index contributed by atoms with van der Waals surface area (Å²) in [7, 11) is 0. The molecule has 0 fully saturated rings. The molecule has 48 heavy (non-hydrogen) atoms. The maximum absolute atomic E-state index is 6.31. The SMILES string of the molecule is c1ccc(-c2ccc3cc(-c4cc(-c5cc6ccccc6o5)nc(-c5ccc6oc7cc8ccccc8cc7c6c5)n4)ccc3c2)cc1. The van der Waals surface area contributed by atoms with Gasteiger partial charge in [-0.05, 0) is 93.3 Å². The van der Waals surface area contributed by atoms with Crippen molar-refractivity contribution in [1.82, 2.24) is 9.97 Å². The maximum Gasteiger partial charge on any atom is 0.160 e. The van der Waals surface area contributed by atoms with Crippen molar-refractivity contribution in [2.24, 2.45) is 0 Å². The van der Waals surface area contributed by atoms with E-state index in [4.69, 9.17) is 18.8 Å². The average molecular weight is 615 g/mol. The minimum atomic E-state index is 0.625. The van der Waals surface area contributed by atoms with E-state index in [1.54, 1.807) is 0 Å². The van der Waals surface area contributed by atoms with Crippen LogP contribution >= 0.6 is 0 Å². The lowest BCUT2D eigenvalue weighted by atomic mass is 9.99. The molecule has 10 rings (SSSR count). The molecule has 0 amide bonds. The molecule has 4 heteroatoms. The van der Waals surface area contributed by atoms with Crippen LogP contribution in [0.25, 0.3) is 99.7 Å². The molecule has 0 spiro atoms. The topological polar surface area (TPSA) is 52.1 Å². The minimum Gasteiger partial charge on any atom is -0.456 e. The van der Waals surface area contributed by atoms with Crippen molar-refractivity contribution in [3.8, 4) is 45.2 Å². The summed E-state index contributed by atoms with van der Waals surface area (Å²) < 4.78 is 12.6. The molecule has 0 aliphatic rings. The monoisotopic (exact) mass is 614 g/mol. The first-order valence-electron chi connectivity index (χ1n) is 16.0. The van der Waals surface area contributed by atoms with Gasteiger partial charge in [-0.1, -0.05) is 97.1 Å². The van der Waals surface area contributed by atoms with Crippen LogP contribution in [0.1, 0.15) is 0 Å². The lowest BCUT2D eigenvalue weighted by Crippen LogP contribution is -1.95. The average Bonchev–Trinajstić information content (AvgIpc) is 3.75. The van der Waals surface area contributed by atoms with E-state index in [0.717, 1.165) is 66.2 Å². The van der Waals surface area contributed by atoms with E-state index in [-0.39, 0.29) is 0 Å². The Hall–Kier alpha value is -6.52. The molecule has 3 aromatic heterocycles. The number of fused-ring (bicyclic) bond motifs is 6. The van der Waals surface area contributed by atoms with Gasteiger partial charge < -0.3 is 8.83 Å². The van der Waals surface area contributed by atoms with Gasteiger partial charge in [0.15, 0.2) is 11.6 Å². The summed E-state index contributed by atoms with van der Waals surface area (Å²) >= 11 is 0. The molecule has 0 aliphatic carbocycles. The van der Waals surface area contributed by atoms with Gasteiger partial charge in [0.05, 0.1) is 5.69 Å². The van der Waals surface area contributed by atoms with Crippen molar-refractivity contribution in [2.45, 2.75) is 0 Å². The molecule has 0 unspecified atom stereocenters. The Morgan fingerprint density at radius 2 is 0.979 bits per heavy atom. The number of hydrogen-bond acceptors (Lipinski definition) is 4. The van der Waals surface area contributed by atoms with Gasteiger partial charge in [-0.2, -0.15) is 0 Å². The van der Waals surface area contributed by atoms with Crippen LogP contribution < -0.4 is 0 Å². The van der Waals surface area contributed by atoms with Gasteiger partial charge in [-0.25, -0.2) is 9.97 Å². The fourth-order valence-electron chi connectivity index (χ4n) is 6.78. The fourth-order valence-corrected chi connectivity index (χ4v) is 6.78. The molecule has 0 atom stereocenters. The lowest BCUT2D eigenvalue weighted by Gasteiger charge is -2.10. The van der Waals surface area contributed by atoms with Crippen LogP contribution in [0.2, 0.25) is 0 Å². The van der Waals surface area contributed by atoms with Crippen LogP contribution in [-0.2, 0) is 0 Å². The van der Waals surface area contributed by atoms with Gasteiger partial charge in [-0.15, -0.1) is 0 Å². The molecule has 0 radical (unpaired) electrons. The first-order valence-corrected chi connectivity index (χ1v) is 16.0. The predicted octanol–water partition coefficient (Wildman–Crippen LogP) is 12.1. The number of benzene rings is 7. The second kappa shape index (κ2) is 10.5. The quantitative estimate of drug-likeness (QED) is 0.198. The zero-order valence-electron chi connectivity index (χ0n) is 25.7. The second-order valence-corrected chi connectivity index (χ2v) is 12.3. The van der Waals surface area contributed by atoms with Crippen LogP contribution in [0.4, 0.5) is 0 Å². The third-order valence-electron chi connectivity index (χ3n) is 9.24. The predicted molar refractivity (Wildman–Crippen MR) is 196 cm³/mol. The third kappa shape index (κ3) is 4.46. The van der Waals surface area contributed by atoms with E-state index in [2.05, 4.69) is 115 Å². The number of hydrogen-bond donors (Lipinski definition) is 0. The Balaban J connectivity index is 1.14. The highest BCUT2D eigenvalue weighted by molar-refractivity contribution is 6.11. The molecule has 0 aliphatic heterocycles. The van der Waals surface area contributed by atoms with Gasteiger partial charge >= 0.3 is 0 Å². The van der Waals surface area contributed by atoms with Gasteiger partial charge in [0.1, 0.15) is 22.4 Å². The number of para-hydroxylation sites is 1. The van der Waals surface area contributed by atoms with E-state index in [1.807, 2.05) is 42.5 Å². The van der Waals surface area contributed by atoms with Crippen LogP contribution in [0, 0.1) is 0 Å². The van der Waals surface area contributed by atoms with Crippen LogP contribution in [0.5, 0.6) is 0 Å². The largest absolute Gasteiger partial charge is 0.456 e. The summed E-state index contributed by atoms with van der Waals surface area (Å²) in [6, 6.07) is 54.6. The Kier molecular flexibility index (Phi) is 5.84. The molecule has 0 saturated heterocycles. The molecular weight excluding hydrogens is 588 g/mol. The third-order valence-corrected chi connectivity index (χ3v) is 9.24. The van der Waals surface area contributed by atoms with Gasteiger partial charge in [0.25, 0.3) is 0 Å². The van der Waals surface area contributed by atoms with Crippen molar-refractivity contribution >= 4 is 54.5 Å². The summed E-state index contributed by atoms with van der Waals surface area (Å²) in [6.07, 6.45) is 0. The van der Waals surface area contributed by atoms with Crippen LogP contribution in [0.3, 0.4) is 0 Å². The Morgan fingerprint density at radius 1 is 0.333 bits per heavy atom. The van der Waals surface area contributed by atoms with E-state index in [9.17, 15) is 0 Å². The molecule has 10 aromatic rings. The van der Waals surface area contributed by atoms with Gasteiger partial charge in [0, 0.05) is 27.3 Å². The summed E-state index contributed by atoms with van der Waals surface area (Å²) in [5.41, 5.74) is 8.40. The summed E-state index contributed by atoms with van der Waals surface area (Å²) in [4.78, 5) is 10.3. The molecule has 7 aromatic carbocycles. The number of rotatable bonds is 4. The molecule has 0 N–H and O–H groups in total. The molecular formula is C44H26N2O2. The number of furan rings is 2. The number of aromatic nitrogens is 2. The van der Waals surface area contributed by atoms with Crippen molar-refractivity contribution < 1.29 is 8.83 Å². The van der Waals surface area contributed by atoms with Crippen molar-refractivity contribution in [3.05, 3.63) is 158 Å². The minimum absolute atomic E-state index is 0.625. The highest BCUT2D eigenvalue weighted by Crippen LogP contribution is 2.37. The summed E-state index contributed by atoms with van der Waals surface area (Å²) in [5.74, 6) is 1.33. The van der Waals surface area contributed by atoms with Crippen LogP contribution in [0.15, 0.2) is 167 Å². The summed E-state index contributed by atoms with van der Waals surface area (Å²) in [6.45, 7) is 0. The zero-order chi connectivity index (χ0) is 31.6. The van der Waals surface area contributed by atoms with Crippen molar-refractivity contribution in [2.75, 3.05) is 0 Å². The molecule has 224 valence electrons. The van der Waals surface area contributed by atoms with E-state index >= 15 is 0 Å². The molecule has 4 nitrogen and oxygen atoms in total. The highest BCUT2D eigenvalue weighted by atomic mass is 16.3. The smallest absolute Gasteiger partial charge is 0.160 e. The van der Waals surface area contributed by atoms with Crippen LogP contribution in [-0.4, -0.2) is 9.97 Å². The molecule has 0 bridgehead atoms. The standard InChI is InChI=1S/C44H26N2O2/c1-2-8-27(9-3-1)30-14-15-32-21-33(17-16-31(32)20-30)38-26-39(43-25-34-12-6-7-13-40(34)47-43)46-44(45-38)35-18-19-41-36(23-35)37-22-28-10-4-5-11-29(28)24-42(37)48-41/h1-26H.